The molecule has 152 valence electrons. The molecule has 0 aliphatic carbocycles. The van der Waals surface area contributed by atoms with Crippen LogP contribution in [0.25, 0.3) is 0 Å². The number of rotatable bonds is 9. The summed E-state index contributed by atoms with van der Waals surface area (Å²) in [5, 5.41) is 9.09. The maximum absolute atomic E-state index is 12.9. The van der Waals surface area contributed by atoms with Crippen LogP contribution in [0.5, 0.6) is 0 Å². The molecular formula is C19H24N2O6S. The molecule has 0 aliphatic rings. The lowest BCUT2D eigenvalue weighted by atomic mass is 10.1. The fourth-order valence-electron chi connectivity index (χ4n) is 2.60. The van der Waals surface area contributed by atoms with Crippen molar-refractivity contribution in [3.63, 3.8) is 0 Å². The minimum atomic E-state index is -3.85. The fraction of sp³-hybridized carbons (Fsp3) is 0.368. The van der Waals surface area contributed by atoms with Crippen molar-refractivity contribution in [1.82, 2.24) is 9.62 Å². The molecule has 28 heavy (non-hydrogen) atoms. The molecule has 0 bridgehead atoms. The molecule has 2 rings (SSSR count). The van der Waals surface area contributed by atoms with Gasteiger partial charge in [-0.2, -0.15) is 0 Å². The first-order valence-electron chi connectivity index (χ1n) is 8.80. The summed E-state index contributed by atoms with van der Waals surface area (Å²) in [6, 6.07) is 7.60. The van der Waals surface area contributed by atoms with Gasteiger partial charge in [0, 0.05) is 18.7 Å². The predicted octanol–water partition coefficient (Wildman–Crippen LogP) is 2.25. The van der Waals surface area contributed by atoms with Crippen LogP contribution in [0.15, 0.2) is 45.9 Å². The van der Waals surface area contributed by atoms with Gasteiger partial charge >= 0.3 is 5.97 Å². The van der Waals surface area contributed by atoms with Crippen molar-refractivity contribution in [3.05, 3.63) is 53.5 Å². The molecular weight excluding hydrogens is 384 g/mol. The van der Waals surface area contributed by atoms with Crippen molar-refractivity contribution in [2.75, 3.05) is 13.1 Å². The van der Waals surface area contributed by atoms with Crippen LogP contribution in [-0.2, 0) is 21.4 Å². The van der Waals surface area contributed by atoms with Gasteiger partial charge in [-0.1, -0.05) is 13.0 Å². The zero-order chi connectivity index (χ0) is 20.9. The number of carbonyl (C=O) groups is 2. The quantitative estimate of drug-likeness (QED) is 0.657. The highest BCUT2D eigenvalue weighted by Crippen LogP contribution is 2.19. The van der Waals surface area contributed by atoms with E-state index in [4.69, 9.17) is 9.52 Å². The van der Waals surface area contributed by atoms with E-state index >= 15 is 0 Å². The van der Waals surface area contributed by atoms with Gasteiger partial charge in [-0.25, -0.2) is 13.1 Å². The molecule has 1 aromatic carbocycles. The number of furan rings is 1. The Hall–Kier alpha value is -2.65. The number of sulfonamides is 1. The monoisotopic (exact) mass is 408 g/mol. The van der Waals surface area contributed by atoms with Crippen molar-refractivity contribution < 1.29 is 27.5 Å². The van der Waals surface area contributed by atoms with Crippen LogP contribution in [0, 0.1) is 12.8 Å². The summed E-state index contributed by atoms with van der Waals surface area (Å²) in [5.74, 6) is -1.67. The summed E-state index contributed by atoms with van der Waals surface area (Å²) < 4.78 is 32.7. The molecule has 0 spiro atoms. The van der Waals surface area contributed by atoms with Crippen molar-refractivity contribution in [1.29, 1.82) is 0 Å². The van der Waals surface area contributed by atoms with Gasteiger partial charge in [0.05, 0.1) is 23.6 Å². The molecule has 2 aromatic rings. The van der Waals surface area contributed by atoms with Gasteiger partial charge in [0.15, 0.2) is 0 Å². The second-order valence-corrected chi connectivity index (χ2v) is 8.23. The molecule has 1 unspecified atom stereocenters. The largest absolute Gasteiger partial charge is 0.481 e. The molecule has 1 heterocycles. The molecule has 0 radical (unpaired) electrons. The number of carboxylic acid groups (broad SMARTS) is 1. The number of carbonyl (C=O) groups excluding carboxylic acids is 1. The minimum Gasteiger partial charge on any atom is -0.481 e. The van der Waals surface area contributed by atoms with Crippen molar-refractivity contribution in [2.24, 2.45) is 5.92 Å². The van der Waals surface area contributed by atoms with E-state index in [2.05, 4.69) is 4.72 Å². The Morgan fingerprint density at radius 1 is 1.29 bits per heavy atom. The summed E-state index contributed by atoms with van der Waals surface area (Å²) >= 11 is 0. The summed E-state index contributed by atoms with van der Waals surface area (Å²) in [6.45, 7) is 5.30. The van der Waals surface area contributed by atoms with Gasteiger partial charge in [0.2, 0.25) is 10.0 Å². The van der Waals surface area contributed by atoms with Crippen LogP contribution in [-0.4, -0.2) is 43.4 Å². The van der Waals surface area contributed by atoms with E-state index < -0.39 is 27.8 Å². The van der Waals surface area contributed by atoms with Crippen LogP contribution in [0.3, 0.4) is 0 Å². The Balaban J connectivity index is 2.25. The maximum Gasteiger partial charge on any atom is 0.308 e. The molecule has 0 fully saturated rings. The zero-order valence-corrected chi connectivity index (χ0v) is 16.8. The molecule has 9 heteroatoms. The number of aryl methyl sites for hydroxylation is 1. The van der Waals surface area contributed by atoms with E-state index in [9.17, 15) is 18.0 Å². The van der Waals surface area contributed by atoms with Crippen LogP contribution in [0.1, 0.15) is 35.5 Å². The Labute approximate surface area is 164 Å². The number of nitrogens with zero attached hydrogens (tertiary/aromatic N) is 1. The van der Waals surface area contributed by atoms with E-state index in [1.165, 1.54) is 30.2 Å². The Kier molecular flexibility index (Phi) is 6.98. The third kappa shape index (κ3) is 5.20. The van der Waals surface area contributed by atoms with Crippen LogP contribution < -0.4 is 4.72 Å². The summed E-state index contributed by atoms with van der Waals surface area (Å²) in [4.78, 5) is 25.3. The lowest BCUT2D eigenvalue weighted by Crippen LogP contribution is -2.37. The van der Waals surface area contributed by atoms with Crippen LogP contribution in [0.4, 0.5) is 0 Å². The maximum atomic E-state index is 12.9. The number of aliphatic carboxylic acids is 1. The predicted molar refractivity (Wildman–Crippen MR) is 102 cm³/mol. The molecule has 0 saturated carbocycles. The first-order valence-corrected chi connectivity index (χ1v) is 10.3. The van der Waals surface area contributed by atoms with Gasteiger partial charge in [-0.15, -0.1) is 0 Å². The van der Waals surface area contributed by atoms with E-state index in [1.807, 2.05) is 0 Å². The van der Waals surface area contributed by atoms with Crippen molar-refractivity contribution >= 4 is 21.9 Å². The highest BCUT2D eigenvalue weighted by Gasteiger charge is 2.24. The minimum absolute atomic E-state index is 0.0102. The van der Waals surface area contributed by atoms with E-state index in [0.717, 1.165) is 0 Å². The van der Waals surface area contributed by atoms with Crippen molar-refractivity contribution in [3.8, 4) is 0 Å². The lowest BCUT2D eigenvalue weighted by Gasteiger charge is -2.24. The molecule has 0 aliphatic heterocycles. The summed E-state index contributed by atoms with van der Waals surface area (Å²) in [7, 11) is -3.85. The van der Waals surface area contributed by atoms with E-state index in [1.54, 1.807) is 32.0 Å². The van der Waals surface area contributed by atoms with Crippen molar-refractivity contribution in [2.45, 2.75) is 32.2 Å². The van der Waals surface area contributed by atoms with E-state index in [0.29, 0.717) is 17.9 Å². The molecule has 1 atom stereocenters. The average Bonchev–Trinajstić information content (AvgIpc) is 3.17. The van der Waals surface area contributed by atoms with Crippen LogP contribution >= 0.6 is 0 Å². The Morgan fingerprint density at radius 2 is 2.00 bits per heavy atom. The Morgan fingerprint density at radius 3 is 2.57 bits per heavy atom. The smallest absolute Gasteiger partial charge is 0.308 e. The molecule has 8 nitrogen and oxygen atoms in total. The van der Waals surface area contributed by atoms with E-state index in [-0.39, 0.29) is 23.5 Å². The number of benzene rings is 1. The molecule has 2 N–H and O–H groups in total. The average molecular weight is 408 g/mol. The summed E-state index contributed by atoms with van der Waals surface area (Å²) in [6.07, 6.45) is 1.45. The summed E-state index contributed by atoms with van der Waals surface area (Å²) in [5.41, 5.74) is 0.830. The number of carboxylic acids is 1. The first kappa shape index (κ1) is 21.6. The number of hydrogen-bond donors (Lipinski definition) is 2. The highest BCUT2D eigenvalue weighted by atomic mass is 32.2. The van der Waals surface area contributed by atoms with Gasteiger partial charge < -0.3 is 14.4 Å². The third-order valence-corrected chi connectivity index (χ3v) is 5.75. The van der Waals surface area contributed by atoms with Gasteiger partial charge in [-0.05, 0) is 43.7 Å². The lowest BCUT2D eigenvalue weighted by molar-refractivity contribution is -0.141. The second kappa shape index (κ2) is 9.03. The van der Waals surface area contributed by atoms with Gasteiger partial charge in [0.1, 0.15) is 5.76 Å². The highest BCUT2D eigenvalue weighted by molar-refractivity contribution is 7.89. The number of amides is 1. The van der Waals surface area contributed by atoms with Gasteiger partial charge in [0.25, 0.3) is 5.91 Å². The first-order chi connectivity index (χ1) is 13.2. The second-order valence-electron chi connectivity index (χ2n) is 6.46. The molecule has 1 aromatic heterocycles. The number of nitrogens with one attached hydrogen (secondary N) is 1. The van der Waals surface area contributed by atoms with Gasteiger partial charge in [-0.3, -0.25) is 9.59 Å². The molecule has 1 amide bonds. The Bertz CT molecular complexity index is 937. The third-order valence-electron chi connectivity index (χ3n) is 4.35. The fourth-order valence-corrected chi connectivity index (χ4v) is 3.62. The molecule has 0 saturated heterocycles. The standard InChI is InChI=1S/C19H24N2O6S/c1-4-21(12-14(3)19(23)24)18(22)17-10-16(8-7-13(17)2)28(25,26)20-11-15-6-5-9-27-15/h5-10,14,20H,4,11-12H2,1-3H3,(H,23,24). The topological polar surface area (TPSA) is 117 Å². The zero-order valence-electron chi connectivity index (χ0n) is 16.0. The SMILES string of the molecule is CCN(CC(C)C(=O)O)C(=O)c1cc(S(=O)(=O)NCc2ccco2)ccc1C. The van der Waals surface area contributed by atoms with Crippen LogP contribution in [0.2, 0.25) is 0 Å². The number of hydrogen-bond acceptors (Lipinski definition) is 5. The normalized spacial score (nSPS) is 12.5.